The quantitative estimate of drug-likeness (QED) is 0.585. The molecule has 0 aromatic heterocycles. The normalized spacial score (nSPS) is 12.9. The molecule has 3 nitrogen and oxygen atoms in total. The number of hydrogen-bond donors (Lipinski definition) is 1. The molecule has 0 bridgehead atoms. The SMILES string of the molecule is CCCCC(CSc1ccc(Cl)cc1)NS(=O)(=O)c1ccc(C)cc1. The Balaban J connectivity index is 2.05. The summed E-state index contributed by atoms with van der Waals surface area (Å²) < 4.78 is 28.1. The number of nitrogens with one attached hydrogen (secondary N) is 1. The fraction of sp³-hybridized carbons (Fsp3) is 0.368. The minimum absolute atomic E-state index is 0.105. The van der Waals surface area contributed by atoms with Gasteiger partial charge in [-0.2, -0.15) is 0 Å². The van der Waals surface area contributed by atoms with Gasteiger partial charge >= 0.3 is 0 Å². The zero-order valence-electron chi connectivity index (χ0n) is 14.5. The number of aryl methyl sites for hydroxylation is 1. The maximum atomic E-state index is 12.6. The lowest BCUT2D eigenvalue weighted by Crippen LogP contribution is -2.36. The smallest absolute Gasteiger partial charge is 0.207 e. The molecule has 0 saturated carbocycles. The van der Waals surface area contributed by atoms with E-state index in [1.165, 1.54) is 0 Å². The number of rotatable bonds is 9. The van der Waals surface area contributed by atoms with Gasteiger partial charge in [0.2, 0.25) is 10.0 Å². The Hall–Kier alpha value is -1.01. The summed E-state index contributed by atoms with van der Waals surface area (Å²) in [5.41, 5.74) is 1.04. The van der Waals surface area contributed by atoms with Crippen molar-refractivity contribution in [2.24, 2.45) is 0 Å². The van der Waals surface area contributed by atoms with Crippen molar-refractivity contribution in [3.63, 3.8) is 0 Å². The highest BCUT2D eigenvalue weighted by Gasteiger charge is 2.20. The molecule has 0 fully saturated rings. The number of thioether (sulfide) groups is 1. The Morgan fingerprint density at radius 3 is 2.32 bits per heavy atom. The van der Waals surface area contributed by atoms with Crippen LogP contribution in [-0.2, 0) is 10.0 Å². The summed E-state index contributed by atoms with van der Waals surface area (Å²) in [6.07, 6.45) is 2.85. The highest BCUT2D eigenvalue weighted by molar-refractivity contribution is 7.99. The Kier molecular flexibility index (Phi) is 7.81. The van der Waals surface area contributed by atoms with E-state index in [1.807, 2.05) is 43.3 Å². The molecule has 1 atom stereocenters. The van der Waals surface area contributed by atoms with Crippen LogP contribution in [0.2, 0.25) is 5.02 Å². The van der Waals surface area contributed by atoms with E-state index < -0.39 is 10.0 Å². The molecule has 0 aliphatic rings. The Labute approximate surface area is 160 Å². The average molecular weight is 398 g/mol. The summed E-state index contributed by atoms with van der Waals surface area (Å²) in [6.45, 7) is 4.05. The van der Waals surface area contributed by atoms with E-state index in [1.54, 1.807) is 23.9 Å². The van der Waals surface area contributed by atoms with Gasteiger partial charge in [-0.25, -0.2) is 13.1 Å². The number of hydrogen-bond acceptors (Lipinski definition) is 3. The van der Waals surface area contributed by atoms with Gasteiger partial charge in [-0.15, -0.1) is 11.8 Å². The zero-order chi connectivity index (χ0) is 18.3. The number of unbranched alkanes of at least 4 members (excludes halogenated alkanes) is 1. The van der Waals surface area contributed by atoms with Gasteiger partial charge in [0.1, 0.15) is 0 Å². The molecule has 6 heteroatoms. The van der Waals surface area contributed by atoms with Gasteiger partial charge in [0, 0.05) is 21.7 Å². The van der Waals surface area contributed by atoms with Gasteiger partial charge in [0.05, 0.1) is 4.90 Å². The van der Waals surface area contributed by atoms with E-state index in [-0.39, 0.29) is 6.04 Å². The van der Waals surface area contributed by atoms with Gasteiger partial charge < -0.3 is 0 Å². The molecule has 0 heterocycles. The van der Waals surface area contributed by atoms with Gasteiger partial charge in [-0.1, -0.05) is 49.1 Å². The van der Waals surface area contributed by atoms with Gasteiger partial charge in [0.25, 0.3) is 0 Å². The number of halogens is 1. The molecule has 0 amide bonds. The average Bonchev–Trinajstić information content (AvgIpc) is 2.59. The Bertz CT molecular complexity index is 759. The number of benzene rings is 2. The minimum Gasteiger partial charge on any atom is -0.207 e. The molecule has 0 aliphatic heterocycles. The first-order chi connectivity index (χ1) is 11.9. The molecule has 136 valence electrons. The third kappa shape index (κ3) is 6.66. The van der Waals surface area contributed by atoms with Crippen LogP contribution >= 0.6 is 23.4 Å². The zero-order valence-corrected chi connectivity index (χ0v) is 16.9. The molecule has 0 aliphatic carbocycles. The van der Waals surface area contributed by atoms with E-state index in [4.69, 9.17) is 11.6 Å². The summed E-state index contributed by atoms with van der Waals surface area (Å²) >= 11 is 7.55. The van der Waals surface area contributed by atoms with Crippen molar-refractivity contribution in [2.75, 3.05) is 5.75 Å². The summed E-state index contributed by atoms with van der Waals surface area (Å²) in [6, 6.07) is 14.4. The van der Waals surface area contributed by atoms with Gasteiger partial charge in [-0.05, 0) is 49.7 Å². The molecule has 0 radical (unpaired) electrons. The predicted molar refractivity (Wildman–Crippen MR) is 107 cm³/mol. The third-order valence-corrected chi connectivity index (χ3v) is 6.79. The molecule has 2 aromatic carbocycles. The van der Waals surface area contributed by atoms with Crippen molar-refractivity contribution < 1.29 is 8.42 Å². The molecule has 1 unspecified atom stereocenters. The summed E-state index contributed by atoms with van der Waals surface area (Å²) in [5, 5.41) is 0.701. The Morgan fingerprint density at radius 2 is 1.72 bits per heavy atom. The molecule has 0 spiro atoms. The molecule has 2 rings (SSSR count). The first kappa shape index (κ1) is 20.3. The topological polar surface area (TPSA) is 46.2 Å². The van der Waals surface area contributed by atoms with Crippen molar-refractivity contribution in [3.8, 4) is 0 Å². The highest BCUT2D eigenvalue weighted by atomic mass is 35.5. The second kappa shape index (κ2) is 9.62. The lowest BCUT2D eigenvalue weighted by atomic mass is 10.2. The van der Waals surface area contributed by atoms with Crippen molar-refractivity contribution in [1.82, 2.24) is 4.72 Å². The predicted octanol–water partition coefficient (Wildman–Crippen LogP) is 5.28. The maximum absolute atomic E-state index is 12.6. The van der Waals surface area contributed by atoms with Crippen LogP contribution in [0.3, 0.4) is 0 Å². The van der Waals surface area contributed by atoms with Crippen LogP contribution in [0.1, 0.15) is 31.7 Å². The number of sulfonamides is 1. The first-order valence-electron chi connectivity index (χ1n) is 8.38. The van der Waals surface area contributed by atoms with Crippen LogP contribution in [0.5, 0.6) is 0 Å². The molecule has 25 heavy (non-hydrogen) atoms. The maximum Gasteiger partial charge on any atom is 0.240 e. The summed E-state index contributed by atoms with van der Waals surface area (Å²) in [4.78, 5) is 1.40. The van der Waals surface area contributed by atoms with Crippen molar-refractivity contribution in [1.29, 1.82) is 0 Å². The van der Waals surface area contributed by atoms with Gasteiger partial charge in [0.15, 0.2) is 0 Å². The lowest BCUT2D eigenvalue weighted by Gasteiger charge is -2.18. The standard InChI is InChI=1S/C19H24ClNO2S2/c1-3-4-5-17(14-24-18-10-8-16(20)9-11-18)21-25(22,23)19-12-6-15(2)7-13-19/h6-13,17,21H,3-5,14H2,1-2H3. The van der Waals surface area contributed by atoms with E-state index in [9.17, 15) is 8.42 Å². The van der Waals surface area contributed by atoms with E-state index >= 15 is 0 Å². The van der Waals surface area contributed by atoms with Crippen molar-refractivity contribution in [2.45, 2.75) is 48.9 Å². The Morgan fingerprint density at radius 1 is 1.08 bits per heavy atom. The van der Waals surface area contributed by atoms with Crippen LogP contribution in [0.15, 0.2) is 58.3 Å². The summed E-state index contributed by atoms with van der Waals surface area (Å²) in [5.74, 6) is 0.687. The molecular weight excluding hydrogens is 374 g/mol. The minimum atomic E-state index is -3.50. The highest BCUT2D eigenvalue weighted by Crippen LogP contribution is 2.23. The first-order valence-corrected chi connectivity index (χ1v) is 11.2. The second-order valence-electron chi connectivity index (χ2n) is 6.04. The lowest BCUT2D eigenvalue weighted by molar-refractivity contribution is 0.538. The molecule has 2 aromatic rings. The largest absolute Gasteiger partial charge is 0.240 e. The van der Waals surface area contributed by atoms with Crippen LogP contribution < -0.4 is 4.72 Å². The molecule has 1 N–H and O–H groups in total. The van der Waals surface area contributed by atoms with Crippen LogP contribution in [-0.4, -0.2) is 20.2 Å². The summed E-state index contributed by atoms with van der Waals surface area (Å²) in [7, 11) is -3.50. The molecule has 0 saturated heterocycles. The van der Waals surface area contributed by atoms with Crippen LogP contribution in [0, 0.1) is 6.92 Å². The van der Waals surface area contributed by atoms with Crippen molar-refractivity contribution in [3.05, 3.63) is 59.1 Å². The second-order valence-corrected chi connectivity index (χ2v) is 9.28. The van der Waals surface area contributed by atoms with Crippen LogP contribution in [0.4, 0.5) is 0 Å². The molecular formula is C19H24ClNO2S2. The fourth-order valence-corrected chi connectivity index (χ4v) is 4.83. The third-order valence-electron chi connectivity index (χ3n) is 3.82. The fourth-order valence-electron chi connectivity index (χ4n) is 2.36. The van der Waals surface area contributed by atoms with E-state index in [0.717, 1.165) is 29.7 Å². The van der Waals surface area contributed by atoms with E-state index in [2.05, 4.69) is 11.6 Å². The van der Waals surface area contributed by atoms with E-state index in [0.29, 0.717) is 15.7 Å². The monoisotopic (exact) mass is 397 g/mol. The van der Waals surface area contributed by atoms with Crippen LogP contribution in [0.25, 0.3) is 0 Å². The van der Waals surface area contributed by atoms with Gasteiger partial charge in [-0.3, -0.25) is 0 Å². The van der Waals surface area contributed by atoms with Crippen molar-refractivity contribution >= 4 is 33.4 Å².